The number of aryl methyl sites for hydroxylation is 1. The van der Waals surface area contributed by atoms with E-state index in [2.05, 4.69) is 15.6 Å². The largest absolute Gasteiger partial charge is 0.389 e. The van der Waals surface area contributed by atoms with E-state index in [1.165, 1.54) is 29.5 Å². The van der Waals surface area contributed by atoms with Crippen LogP contribution in [0.5, 0.6) is 0 Å². The molecule has 1 aromatic heterocycles. The topological polar surface area (TPSA) is 104 Å². The van der Waals surface area contributed by atoms with Crippen LogP contribution in [0.25, 0.3) is 0 Å². The Morgan fingerprint density at radius 3 is 2.49 bits per heavy atom. The van der Waals surface area contributed by atoms with E-state index in [0.717, 1.165) is 34.7 Å². The minimum Gasteiger partial charge on any atom is -0.389 e. The SMILES string of the molecule is Cc1csc(C2CCCN2C(=O)c2cc(CF)cc(C(=O)N[C@@H](Cc3ccccc3)[C@H](O)[C@H]3C[C@@H](OCc4ccccc4)CN3)c2)n1. The first kappa shape index (κ1) is 33.0. The lowest BCUT2D eigenvalue weighted by Gasteiger charge is -2.29. The van der Waals surface area contributed by atoms with Gasteiger partial charge in [-0.3, -0.25) is 9.59 Å². The molecule has 1 unspecified atom stereocenters. The second-order valence-electron chi connectivity index (χ2n) is 12.5. The maximum Gasteiger partial charge on any atom is 0.254 e. The van der Waals surface area contributed by atoms with Crippen LogP contribution < -0.4 is 10.6 Å². The summed E-state index contributed by atoms with van der Waals surface area (Å²) in [5.41, 5.74) is 3.64. The molecule has 5 atom stereocenters. The number of aliphatic hydroxyl groups excluding tert-OH is 1. The number of nitrogens with zero attached hydrogens (tertiary/aromatic N) is 2. The molecule has 0 bridgehead atoms. The lowest BCUT2D eigenvalue weighted by Crippen LogP contribution is -2.52. The number of rotatable bonds is 12. The molecule has 47 heavy (non-hydrogen) atoms. The Bertz CT molecular complexity index is 1650. The van der Waals surface area contributed by atoms with Crippen molar-refractivity contribution in [3.05, 3.63) is 123 Å². The van der Waals surface area contributed by atoms with Gasteiger partial charge < -0.3 is 25.4 Å². The van der Waals surface area contributed by atoms with Crippen molar-refractivity contribution in [1.29, 1.82) is 0 Å². The molecule has 0 spiro atoms. The number of carbonyl (C=O) groups excluding carboxylic acids is 2. The standard InChI is InChI=1S/C37H41FN4O4S/c1-24-23-47-36(40-24)33-13-8-14-42(33)37(45)29-16-27(20-38)15-28(18-29)35(44)41-32(17-25-9-4-2-5-10-25)34(43)31-19-30(21-39-31)46-22-26-11-6-3-7-12-26/h2-7,9-12,15-16,18,23,30-34,39,43H,8,13-14,17,19-22H2,1H3,(H,41,44)/t30-,31-,32+,33?,34-/m1/s1. The number of hydrogen-bond donors (Lipinski definition) is 3. The zero-order chi connectivity index (χ0) is 32.8. The molecule has 4 aromatic rings. The van der Waals surface area contributed by atoms with Crippen molar-refractivity contribution >= 4 is 23.2 Å². The fourth-order valence-electron chi connectivity index (χ4n) is 6.55. The van der Waals surface area contributed by atoms with Crippen molar-refractivity contribution in [2.24, 2.45) is 0 Å². The van der Waals surface area contributed by atoms with Gasteiger partial charge in [-0.2, -0.15) is 0 Å². The van der Waals surface area contributed by atoms with Gasteiger partial charge in [-0.15, -0.1) is 11.3 Å². The lowest BCUT2D eigenvalue weighted by atomic mass is 9.94. The summed E-state index contributed by atoms with van der Waals surface area (Å²) in [6.07, 6.45) is 1.61. The molecule has 2 amide bonds. The summed E-state index contributed by atoms with van der Waals surface area (Å²) in [5, 5.41) is 20.9. The van der Waals surface area contributed by atoms with Gasteiger partial charge in [0.1, 0.15) is 11.7 Å². The minimum absolute atomic E-state index is 0.0829. The average Bonchev–Trinajstić information content (AvgIpc) is 3.88. The summed E-state index contributed by atoms with van der Waals surface area (Å²) < 4.78 is 20.2. The van der Waals surface area contributed by atoms with Crippen LogP contribution in [0.15, 0.2) is 84.2 Å². The Morgan fingerprint density at radius 2 is 1.79 bits per heavy atom. The van der Waals surface area contributed by atoms with Gasteiger partial charge in [-0.05, 0) is 67.5 Å². The van der Waals surface area contributed by atoms with Gasteiger partial charge in [0.25, 0.3) is 11.8 Å². The number of halogens is 1. The van der Waals surface area contributed by atoms with Gasteiger partial charge in [0.05, 0.1) is 30.9 Å². The van der Waals surface area contributed by atoms with Crippen molar-refractivity contribution in [2.75, 3.05) is 13.1 Å². The highest BCUT2D eigenvalue weighted by Gasteiger charge is 2.36. The van der Waals surface area contributed by atoms with Crippen molar-refractivity contribution < 1.29 is 23.8 Å². The molecule has 3 heterocycles. The second-order valence-corrected chi connectivity index (χ2v) is 13.4. The van der Waals surface area contributed by atoms with E-state index in [1.807, 2.05) is 73.0 Å². The molecule has 2 aliphatic heterocycles. The van der Waals surface area contributed by atoms with Gasteiger partial charge in [-0.25, -0.2) is 9.37 Å². The second kappa shape index (κ2) is 15.3. The zero-order valence-corrected chi connectivity index (χ0v) is 27.3. The summed E-state index contributed by atoms with van der Waals surface area (Å²) in [6.45, 7) is 2.75. The number of aromatic nitrogens is 1. The summed E-state index contributed by atoms with van der Waals surface area (Å²) in [5.74, 6) is -0.722. The van der Waals surface area contributed by atoms with Crippen LogP contribution in [0.1, 0.15) is 73.4 Å². The van der Waals surface area contributed by atoms with E-state index >= 15 is 0 Å². The average molecular weight is 657 g/mol. The van der Waals surface area contributed by atoms with Crippen LogP contribution in [-0.4, -0.2) is 64.2 Å². The Morgan fingerprint density at radius 1 is 1.06 bits per heavy atom. The van der Waals surface area contributed by atoms with Crippen molar-refractivity contribution in [3.63, 3.8) is 0 Å². The molecular formula is C37H41FN4O4S. The summed E-state index contributed by atoms with van der Waals surface area (Å²) >= 11 is 1.54. The molecule has 8 nitrogen and oxygen atoms in total. The van der Waals surface area contributed by atoms with Crippen LogP contribution >= 0.6 is 11.3 Å². The van der Waals surface area contributed by atoms with E-state index in [1.54, 1.807) is 4.90 Å². The quantitative estimate of drug-likeness (QED) is 0.185. The Labute approximate surface area is 279 Å². The molecule has 0 aliphatic carbocycles. The van der Waals surface area contributed by atoms with Crippen LogP contribution in [0.2, 0.25) is 0 Å². The number of likely N-dealkylation sites (tertiary alicyclic amines) is 1. The highest BCUT2D eigenvalue weighted by atomic mass is 32.1. The molecule has 246 valence electrons. The molecule has 0 radical (unpaired) electrons. The van der Waals surface area contributed by atoms with Gasteiger partial charge >= 0.3 is 0 Å². The Hall–Kier alpha value is -3.96. The zero-order valence-electron chi connectivity index (χ0n) is 26.5. The highest BCUT2D eigenvalue weighted by molar-refractivity contribution is 7.09. The number of aliphatic hydroxyl groups is 1. The predicted molar refractivity (Wildman–Crippen MR) is 180 cm³/mol. The first-order valence-corrected chi connectivity index (χ1v) is 17.1. The summed E-state index contributed by atoms with van der Waals surface area (Å²) in [6, 6.07) is 23.1. The predicted octanol–water partition coefficient (Wildman–Crippen LogP) is 5.55. The molecule has 0 saturated carbocycles. The van der Waals surface area contributed by atoms with Crippen LogP contribution in [0.3, 0.4) is 0 Å². The number of amides is 2. The van der Waals surface area contributed by atoms with E-state index < -0.39 is 24.7 Å². The Kier molecular flexibility index (Phi) is 10.7. The third-order valence-electron chi connectivity index (χ3n) is 8.98. The third kappa shape index (κ3) is 8.13. The number of hydrogen-bond acceptors (Lipinski definition) is 7. The summed E-state index contributed by atoms with van der Waals surface area (Å²) in [7, 11) is 0. The van der Waals surface area contributed by atoms with E-state index in [9.17, 15) is 19.1 Å². The van der Waals surface area contributed by atoms with Crippen LogP contribution in [-0.2, 0) is 24.4 Å². The molecule has 3 N–H and O–H groups in total. The lowest BCUT2D eigenvalue weighted by molar-refractivity contribution is 0.0419. The smallest absolute Gasteiger partial charge is 0.254 e. The Balaban J connectivity index is 1.18. The number of alkyl halides is 1. The number of nitrogens with one attached hydrogen (secondary N) is 2. The third-order valence-corrected chi connectivity index (χ3v) is 10.0. The van der Waals surface area contributed by atoms with Crippen molar-refractivity contribution in [2.45, 2.75) is 76.2 Å². The number of thiazole rings is 1. The maximum atomic E-state index is 14.1. The summed E-state index contributed by atoms with van der Waals surface area (Å²) in [4.78, 5) is 34.0. The number of benzene rings is 3. The molecule has 2 aliphatic rings. The normalized spacial score (nSPS) is 20.7. The van der Waals surface area contributed by atoms with Crippen molar-refractivity contribution in [3.8, 4) is 0 Å². The van der Waals surface area contributed by atoms with E-state index in [0.29, 0.717) is 32.5 Å². The minimum atomic E-state index is -0.929. The van der Waals surface area contributed by atoms with Gasteiger partial charge in [0.2, 0.25) is 0 Å². The molecule has 6 rings (SSSR count). The fraction of sp³-hybridized carbons (Fsp3) is 0.378. The van der Waals surface area contributed by atoms with Gasteiger partial charge in [0.15, 0.2) is 0 Å². The van der Waals surface area contributed by atoms with Crippen molar-refractivity contribution in [1.82, 2.24) is 20.5 Å². The fourth-order valence-corrected chi connectivity index (χ4v) is 7.49. The maximum absolute atomic E-state index is 14.1. The monoisotopic (exact) mass is 656 g/mol. The van der Waals surface area contributed by atoms with Gasteiger partial charge in [0, 0.05) is 41.3 Å². The van der Waals surface area contributed by atoms with E-state index in [-0.39, 0.29) is 40.8 Å². The molecule has 3 aromatic carbocycles. The molecular weight excluding hydrogens is 615 g/mol. The van der Waals surface area contributed by atoms with Crippen LogP contribution in [0, 0.1) is 6.92 Å². The highest BCUT2D eigenvalue weighted by Crippen LogP contribution is 2.35. The van der Waals surface area contributed by atoms with Crippen LogP contribution in [0.4, 0.5) is 4.39 Å². The number of ether oxygens (including phenoxy) is 1. The first-order chi connectivity index (χ1) is 22.9. The van der Waals surface area contributed by atoms with Gasteiger partial charge in [-0.1, -0.05) is 60.7 Å². The molecule has 2 fully saturated rings. The number of carbonyl (C=O) groups is 2. The first-order valence-electron chi connectivity index (χ1n) is 16.2. The molecule has 2 saturated heterocycles. The van der Waals surface area contributed by atoms with E-state index in [4.69, 9.17) is 4.74 Å². The molecule has 10 heteroatoms.